The largest absolute Gasteiger partial charge is 0.790 e. The normalized spacial score (nSPS) is 12.0. The molecule has 0 N–H and O–H groups in total. The van der Waals surface area contributed by atoms with Crippen LogP contribution in [0.25, 0.3) is 0 Å². The van der Waals surface area contributed by atoms with Gasteiger partial charge in [0, 0.05) is 0 Å². The fraction of sp³-hybridized carbons (Fsp3) is 1.00. The van der Waals surface area contributed by atoms with Gasteiger partial charge < -0.3 is 27.8 Å². The molecule has 0 aliphatic carbocycles. The van der Waals surface area contributed by atoms with E-state index in [-0.39, 0.29) is 6.61 Å². The third kappa shape index (κ3) is 70.4. The lowest BCUT2D eigenvalue weighted by Crippen LogP contribution is -2.41. The molecule has 0 saturated carbocycles. The van der Waals surface area contributed by atoms with Crippen molar-refractivity contribution in [3.05, 3.63) is 0 Å². The molecule has 6 nitrogen and oxygen atoms in total. The molecule has 0 heterocycles. The minimum absolute atomic E-state index is 0.0440. The van der Waals surface area contributed by atoms with Crippen LogP contribution < -0.4 is 9.79 Å². The SMILES string of the molecule is CCCCCCCCCCCCCCCCOP(=O)([O-])[O-].CCCCCCCCCC[N+](C)(C)CCCCCCCCCC.CCCCCCCCCC[N+](C)(C)CCCCCCCCCC. The van der Waals surface area contributed by atoms with Crippen LogP contribution in [-0.2, 0) is 9.09 Å². The Hall–Kier alpha value is 0.0300. The molecular formula is C60H129N2O4P. The summed E-state index contributed by atoms with van der Waals surface area (Å²) in [7, 11) is 4.98. The van der Waals surface area contributed by atoms with Crippen molar-refractivity contribution in [3.8, 4) is 0 Å². The first-order valence-electron chi connectivity index (χ1n) is 30.6. The van der Waals surface area contributed by atoms with Crippen LogP contribution in [0.15, 0.2) is 0 Å². The van der Waals surface area contributed by atoms with E-state index < -0.39 is 7.82 Å². The highest BCUT2D eigenvalue weighted by Gasteiger charge is 2.14. The quantitative estimate of drug-likeness (QED) is 0.0346. The minimum Gasteiger partial charge on any atom is -0.790 e. The number of phosphoric ester groups is 1. The topological polar surface area (TPSA) is 72.4 Å². The smallest absolute Gasteiger partial charge is 0.0782 e. The number of hydrogen-bond donors (Lipinski definition) is 0. The van der Waals surface area contributed by atoms with Gasteiger partial charge in [-0.2, -0.15) is 0 Å². The van der Waals surface area contributed by atoms with Gasteiger partial charge in [0.25, 0.3) is 0 Å². The number of nitrogens with zero attached hydrogens (tertiary/aromatic N) is 2. The number of quaternary nitrogens is 2. The second-order valence-corrected chi connectivity index (χ2v) is 23.7. The number of unbranched alkanes of at least 4 members (excludes halogenated alkanes) is 41. The van der Waals surface area contributed by atoms with Crippen molar-refractivity contribution in [1.82, 2.24) is 0 Å². The van der Waals surface area contributed by atoms with Crippen LogP contribution in [0.3, 0.4) is 0 Å². The Bertz CT molecular complexity index is 849. The first-order chi connectivity index (χ1) is 32.3. The summed E-state index contributed by atoms with van der Waals surface area (Å²) < 4.78 is 16.9. The van der Waals surface area contributed by atoms with E-state index in [9.17, 15) is 14.4 Å². The molecule has 0 aliphatic rings. The molecule has 0 atom stereocenters. The Kier molecular flexibility index (Phi) is 60.6. The highest BCUT2D eigenvalue weighted by Crippen LogP contribution is 2.25. The molecule has 0 aromatic heterocycles. The van der Waals surface area contributed by atoms with Crippen molar-refractivity contribution in [2.75, 3.05) is 61.0 Å². The highest BCUT2D eigenvalue weighted by atomic mass is 31.2. The van der Waals surface area contributed by atoms with E-state index in [0.29, 0.717) is 6.42 Å². The van der Waals surface area contributed by atoms with Crippen molar-refractivity contribution in [2.45, 2.75) is 330 Å². The lowest BCUT2D eigenvalue weighted by Gasteiger charge is -2.30. The van der Waals surface area contributed by atoms with E-state index in [1.165, 1.54) is 311 Å². The van der Waals surface area contributed by atoms with Crippen molar-refractivity contribution in [3.63, 3.8) is 0 Å². The molecule has 0 amide bonds. The van der Waals surface area contributed by atoms with Crippen LogP contribution >= 0.6 is 7.82 Å². The molecule has 0 fully saturated rings. The molecule has 0 aromatic rings. The van der Waals surface area contributed by atoms with E-state index in [4.69, 9.17) is 0 Å². The van der Waals surface area contributed by atoms with Gasteiger partial charge in [-0.15, -0.1) is 0 Å². The number of phosphoric acid groups is 1. The van der Waals surface area contributed by atoms with Gasteiger partial charge in [-0.05, 0) is 57.8 Å². The van der Waals surface area contributed by atoms with Gasteiger partial charge >= 0.3 is 0 Å². The summed E-state index contributed by atoms with van der Waals surface area (Å²) >= 11 is 0. The Labute approximate surface area is 424 Å². The lowest BCUT2D eigenvalue weighted by atomic mass is 10.0. The maximum atomic E-state index is 10.2. The van der Waals surface area contributed by atoms with E-state index in [1.807, 2.05) is 0 Å². The summed E-state index contributed by atoms with van der Waals surface area (Å²) in [5.41, 5.74) is 0. The third-order valence-electron chi connectivity index (χ3n) is 14.2. The van der Waals surface area contributed by atoms with Crippen molar-refractivity contribution < 1.29 is 27.8 Å². The fourth-order valence-corrected chi connectivity index (χ4v) is 9.74. The predicted molar refractivity (Wildman–Crippen MR) is 298 cm³/mol. The van der Waals surface area contributed by atoms with Crippen LogP contribution in [-0.4, -0.2) is 69.9 Å². The van der Waals surface area contributed by atoms with Gasteiger partial charge in [0.05, 0.1) is 68.8 Å². The summed E-state index contributed by atoms with van der Waals surface area (Å²) in [6, 6.07) is 0. The van der Waals surface area contributed by atoms with Crippen LogP contribution in [0.4, 0.5) is 0 Å². The van der Waals surface area contributed by atoms with E-state index in [1.54, 1.807) is 0 Å². The zero-order valence-corrected chi connectivity index (χ0v) is 48.9. The molecule has 0 rings (SSSR count). The lowest BCUT2D eigenvalue weighted by molar-refractivity contribution is -0.890. The van der Waals surface area contributed by atoms with Gasteiger partial charge in [0.2, 0.25) is 0 Å². The molecule has 0 aliphatic heterocycles. The molecule has 7 heteroatoms. The number of hydrogen-bond acceptors (Lipinski definition) is 4. The summed E-state index contributed by atoms with van der Waals surface area (Å²) in [4.78, 5) is 20.4. The maximum absolute atomic E-state index is 10.2. The van der Waals surface area contributed by atoms with E-state index in [0.717, 1.165) is 12.8 Å². The Morgan fingerprint density at radius 1 is 0.269 bits per heavy atom. The van der Waals surface area contributed by atoms with Crippen molar-refractivity contribution in [1.29, 1.82) is 0 Å². The standard InChI is InChI=1S/2C22H48N.C16H35O4P/c2*1-5-7-9-11-13-15-17-19-21-23(3,4)22-20-18-16-14-12-10-8-6-2;1-2-3-4-5-6-7-8-9-10-11-12-13-14-15-16-20-21(17,18)19/h2*5-22H2,1-4H3;2-16H2,1H3,(H2,17,18,19)/q2*+1;/p-2. The second kappa shape index (κ2) is 56.9. The Morgan fingerprint density at radius 3 is 0.582 bits per heavy atom. The number of rotatable bonds is 52. The van der Waals surface area contributed by atoms with Crippen molar-refractivity contribution in [2.24, 2.45) is 0 Å². The van der Waals surface area contributed by atoms with Crippen LogP contribution in [0.5, 0.6) is 0 Å². The van der Waals surface area contributed by atoms with Gasteiger partial charge in [0.1, 0.15) is 0 Å². The summed E-state index contributed by atoms with van der Waals surface area (Å²) in [5.74, 6) is 0. The molecule has 0 radical (unpaired) electrons. The molecule has 0 unspecified atom stereocenters. The zero-order chi connectivity index (χ0) is 50.3. The average molecular weight is 974 g/mol. The first-order valence-corrected chi connectivity index (χ1v) is 32.1. The Balaban J connectivity index is -0.000000918. The average Bonchev–Trinajstić information content (AvgIpc) is 3.28. The van der Waals surface area contributed by atoms with Gasteiger partial charge in [-0.1, -0.05) is 272 Å². The fourth-order valence-electron chi connectivity index (χ4n) is 9.39. The summed E-state index contributed by atoms with van der Waals surface area (Å²) in [6.07, 6.45) is 63.5. The third-order valence-corrected chi connectivity index (χ3v) is 14.7. The monoisotopic (exact) mass is 973 g/mol. The van der Waals surface area contributed by atoms with E-state index in [2.05, 4.69) is 67.3 Å². The van der Waals surface area contributed by atoms with Gasteiger partial charge in [0.15, 0.2) is 0 Å². The maximum Gasteiger partial charge on any atom is 0.0782 e. The predicted octanol–water partition coefficient (Wildman–Crippen LogP) is 19.0. The molecule has 0 spiro atoms. The van der Waals surface area contributed by atoms with Crippen molar-refractivity contribution >= 4 is 7.82 Å². The zero-order valence-electron chi connectivity index (χ0n) is 48.0. The van der Waals surface area contributed by atoms with Gasteiger partial charge in [-0.25, -0.2) is 0 Å². The molecule has 0 bridgehead atoms. The second-order valence-electron chi connectivity index (χ2n) is 22.5. The molecule has 408 valence electrons. The molecule has 67 heavy (non-hydrogen) atoms. The van der Waals surface area contributed by atoms with Crippen LogP contribution in [0.1, 0.15) is 330 Å². The first kappa shape index (κ1) is 71.3. The molecular weight excluding hydrogens is 844 g/mol. The minimum atomic E-state index is -4.75. The van der Waals surface area contributed by atoms with Gasteiger partial charge in [-0.3, -0.25) is 0 Å². The summed E-state index contributed by atoms with van der Waals surface area (Å²) in [6.45, 7) is 17.0. The molecule has 0 saturated heterocycles. The van der Waals surface area contributed by atoms with E-state index >= 15 is 0 Å². The summed E-state index contributed by atoms with van der Waals surface area (Å²) in [5, 5.41) is 0. The highest BCUT2D eigenvalue weighted by molar-refractivity contribution is 7.43. The molecule has 0 aromatic carbocycles. The van der Waals surface area contributed by atoms with Crippen LogP contribution in [0, 0.1) is 0 Å². The Morgan fingerprint density at radius 2 is 0.418 bits per heavy atom. The van der Waals surface area contributed by atoms with Crippen LogP contribution in [0.2, 0.25) is 0 Å².